The number of amides is 1. The topological polar surface area (TPSA) is 94.8 Å². The van der Waals surface area contributed by atoms with Crippen molar-refractivity contribution in [3.63, 3.8) is 0 Å². The minimum absolute atomic E-state index is 0.0238. The maximum Gasteiger partial charge on any atom is 0.408 e. The van der Waals surface area contributed by atoms with E-state index in [1.807, 2.05) is 0 Å². The van der Waals surface area contributed by atoms with Crippen molar-refractivity contribution in [3.8, 4) is 5.75 Å². The lowest BCUT2D eigenvalue weighted by molar-refractivity contribution is -0.136. The number of nitrogens with one attached hydrogen (secondary N) is 1. The van der Waals surface area contributed by atoms with Crippen molar-refractivity contribution in [1.82, 2.24) is 5.32 Å². The first-order valence-electron chi connectivity index (χ1n) is 7.91. The molecule has 1 aromatic heterocycles. The van der Waals surface area contributed by atoms with Crippen LogP contribution in [0.25, 0.3) is 11.0 Å². The monoisotopic (exact) mass is 381 g/mol. The molecule has 1 amide bonds. The number of ether oxygens (including phenoxy) is 2. The molecule has 1 N–H and O–H groups in total. The summed E-state index contributed by atoms with van der Waals surface area (Å²) in [5.41, 5.74) is -0.273. The molecule has 8 heteroatoms. The summed E-state index contributed by atoms with van der Waals surface area (Å²) in [7, 11) is 0. The highest BCUT2D eigenvalue weighted by atomic mass is 35.5. The summed E-state index contributed by atoms with van der Waals surface area (Å²) in [6.45, 7) is 8.32. The van der Waals surface area contributed by atoms with E-state index in [0.717, 1.165) is 0 Å². The third-order valence-corrected chi connectivity index (χ3v) is 3.60. The molecule has 2 rings (SSSR count). The van der Waals surface area contributed by atoms with Crippen LogP contribution in [0.3, 0.4) is 0 Å². The van der Waals surface area contributed by atoms with Crippen LogP contribution in [0.5, 0.6) is 5.75 Å². The van der Waals surface area contributed by atoms with Crippen molar-refractivity contribution >= 4 is 34.6 Å². The first kappa shape index (κ1) is 19.8. The third-order valence-electron chi connectivity index (χ3n) is 3.30. The van der Waals surface area contributed by atoms with Crippen LogP contribution in [0.15, 0.2) is 27.4 Å². The summed E-state index contributed by atoms with van der Waals surface area (Å²) >= 11 is 6.15. The van der Waals surface area contributed by atoms with Crippen LogP contribution in [-0.2, 0) is 9.53 Å². The SMILES string of the molecule is Cc1cc(=O)oc2cc(OC(=O)[C@@H](C)NC(=O)OC(C)(C)C)c(Cl)cc12. The molecule has 140 valence electrons. The van der Waals surface area contributed by atoms with Gasteiger partial charge in [0.25, 0.3) is 0 Å². The van der Waals surface area contributed by atoms with Crippen LogP contribution in [0.4, 0.5) is 4.79 Å². The Bertz CT molecular complexity index is 912. The predicted octanol–water partition coefficient (Wildman–Crippen LogP) is 3.57. The fourth-order valence-corrected chi connectivity index (χ4v) is 2.34. The van der Waals surface area contributed by atoms with E-state index in [-0.39, 0.29) is 16.4 Å². The van der Waals surface area contributed by atoms with E-state index in [9.17, 15) is 14.4 Å². The van der Waals surface area contributed by atoms with Crippen LogP contribution in [-0.4, -0.2) is 23.7 Å². The fraction of sp³-hybridized carbons (Fsp3) is 0.389. The number of esters is 1. The zero-order chi connectivity index (χ0) is 19.6. The Balaban J connectivity index is 2.17. The van der Waals surface area contributed by atoms with Gasteiger partial charge in [-0.05, 0) is 46.2 Å². The van der Waals surface area contributed by atoms with Gasteiger partial charge in [0.1, 0.15) is 17.2 Å². The second-order valence-corrected chi connectivity index (χ2v) is 7.22. The first-order chi connectivity index (χ1) is 12.0. The molecule has 0 aliphatic carbocycles. The van der Waals surface area contributed by atoms with Gasteiger partial charge in [0, 0.05) is 17.5 Å². The van der Waals surface area contributed by atoms with Gasteiger partial charge in [-0.25, -0.2) is 14.4 Å². The Hall–Kier alpha value is -2.54. The Morgan fingerprint density at radius 3 is 2.50 bits per heavy atom. The lowest BCUT2D eigenvalue weighted by atomic mass is 10.1. The highest BCUT2D eigenvalue weighted by molar-refractivity contribution is 6.33. The van der Waals surface area contributed by atoms with Gasteiger partial charge < -0.3 is 19.2 Å². The molecular formula is C18H20ClNO6. The number of benzene rings is 1. The molecule has 0 radical (unpaired) electrons. The Morgan fingerprint density at radius 2 is 1.88 bits per heavy atom. The van der Waals surface area contributed by atoms with E-state index >= 15 is 0 Å². The zero-order valence-corrected chi connectivity index (χ0v) is 15.9. The number of carbonyl (C=O) groups is 2. The van der Waals surface area contributed by atoms with Gasteiger partial charge in [-0.2, -0.15) is 0 Å². The Labute approximate surface area is 155 Å². The maximum atomic E-state index is 12.2. The van der Waals surface area contributed by atoms with Crippen LogP contribution in [0.2, 0.25) is 5.02 Å². The number of rotatable bonds is 3. The van der Waals surface area contributed by atoms with E-state index in [1.165, 1.54) is 19.1 Å². The standard InChI is InChI=1S/C18H20ClNO6/c1-9-6-15(21)24-13-8-14(12(19)7-11(9)13)25-16(22)10(2)20-17(23)26-18(3,4)5/h6-8,10H,1-5H3,(H,20,23)/t10-/m1/s1. The molecule has 0 spiro atoms. The minimum atomic E-state index is -0.971. The quantitative estimate of drug-likeness (QED) is 0.496. The molecule has 0 bridgehead atoms. The average molecular weight is 382 g/mol. The van der Waals surface area contributed by atoms with Crippen molar-refractivity contribution in [3.05, 3.63) is 39.2 Å². The molecule has 0 aliphatic heterocycles. The summed E-state index contributed by atoms with van der Waals surface area (Å²) in [5.74, 6) is -0.720. The van der Waals surface area contributed by atoms with Gasteiger partial charge in [0.05, 0.1) is 5.02 Å². The second kappa shape index (κ2) is 7.37. The Kier molecular flexibility index (Phi) is 5.61. The molecule has 0 unspecified atom stereocenters. The molecule has 0 saturated carbocycles. The van der Waals surface area contributed by atoms with Crippen LogP contribution in [0.1, 0.15) is 33.3 Å². The van der Waals surface area contributed by atoms with Crippen molar-refractivity contribution in [1.29, 1.82) is 0 Å². The molecule has 7 nitrogen and oxygen atoms in total. The van der Waals surface area contributed by atoms with Crippen molar-refractivity contribution in [2.75, 3.05) is 0 Å². The van der Waals surface area contributed by atoms with E-state index < -0.39 is 29.3 Å². The third kappa shape index (κ3) is 4.98. The van der Waals surface area contributed by atoms with Gasteiger partial charge in [0.15, 0.2) is 5.75 Å². The largest absolute Gasteiger partial charge is 0.444 e. The second-order valence-electron chi connectivity index (χ2n) is 6.82. The summed E-state index contributed by atoms with van der Waals surface area (Å²) in [6, 6.07) is 3.28. The van der Waals surface area contributed by atoms with Crippen LogP contribution < -0.4 is 15.7 Å². The lowest BCUT2D eigenvalue weighted by Crippen LogP contribution is -2.43. The summed E-state index contributed by atoms with van der Waals surface area (Å²) in [5, 5.41) is 3.19. The molecule has 26 heavy (non-hydrogen) atoms. The first-order valence-corrected chi connectivity index (χ1v) is 8.29. The number of alkyl carbamates (subject to hydrolysis) is 1. The number of halogens is 1. The highest BCUT2D eigenvalue weighted by Gasteiger charge is 2.23. The number of aryl methyl sites for hydroxylation is 1. The molecule has 1 aromatic carbocycles. The normalized spacial score (nSPS) is 12.5. The average Bonchev–Trinajstić information content (AvgIpc) is 2.46. The highest BCUT2D eigenvalue weighted by Crippen LogP contribution is 2.31. The zero-order valence-electron chi connectivity index (χ0n) is 15.1. The molecule has 0 fully saturated rings. The summed E-state index contributed by atoms with van der Waals surface area (Å²) in [6.07, 6.45) is -0.742. The molecular weight excluding hydrogens is 362 g/mol. The van der Waals surface area contributed by atoms with Gasteiger partial charge in [-0.15, -0.1) is 0 Å². The molecule has 1 atom stereocenters. The van der Waals surface area contributed by atoms with E-state index in [4.69, 9.17) is 25.5 Å². The van der Waals surface area contributed by atoms with Crippen LogP contribution in [0, 0.1) is 6.92 Å². The lowest BCUT2D eigenvalue weighted by Gasteiger charge is -2.21. The molecule has 0 aliphatic rings. The molecule has 1 heterocycles. The predicted molar refractivity (Wildman–Crippen MR) is 96.7 cm³/mol. The fourth-order valence-electron chi connectivity index (χ4n) is 2.14. The number of fused-ring (bicyclic) bond motifs is 1. The number of carbonyl (C=O) groups excluding carboxylic acids is 2. The Morgan fingerprint density at radius 1 is 1.23 bits per heavy atom. The molecule has 0 saturated heterocycles. The van der Waals surface area contributed by atoms with Gasteiger partial charge in [-0.3, -0.25) is 0 Å². The van der Waals surface area contributed by atoms with Gasteiger partial charge in [0.2, 0.25) is 0 Å². The summed E-state index contributed by atoms with van der Waals surface area (Å²) in [4.78, 5) is 35.4. The molecule has 2 aromatic rings. The van der Waals surface area contributed by atoms with E-state index in [2.05, 4.69) is 5.32 Å². The minimum Gasteiger partial charge on any atom is -0.444 e. The van der Waals surface area contributed by atoms with E-state index in [1.54, 1.807) is 33.8 Å². The number of hydrogen-bond donors (Lipinski definition) is 1. The number of hydrogen-bond acceptors (Lipinski definition) is 6. The van der Waals surface area contributed by atoms with Crippen LogP contribution >= 0.6 is 11.6 Å². The van der Waals surface area contributed by atoms with Crippen molar-refractivity contribution in [2.24, 2.45) is 0 Å². The van der Waals surface area contributed by atoms with E-state index in [0.29, 0.717) is 10.9 Å². The maximum absolute atomic E-state index is 12.2. The van der Waals surface area contributed by atoms with Gasteiger partial charge in [-0.1, -0.05) is 11.6 Å². The summed E-state index contributed by atoms with van der Waals surface area (Å²) < 4.78 is 15.4. The van der Waals surface area contributed by atoms with Crippen molar-refractivity contribution in [2.45, 2.75) is 46.3 Å². The van der Waals surface area contributed by atoms with Gasteiger partial charge >= 0.3 is 17.7 Å². The smallest absolute Gasteiger partial charge is 0.408 e. The van der Waals surface area contributed by atoms with Crippen molar-refractivity contribution < 1.29 is 23.5 Å².